The van der Waals surface area contributed by atoms with E-state index in [0.717, 1.165) is 0 Å². The fraction of sp³-hybridized carbons (Fsp3) is 0.261. The van der Waals surface area contributed by atoms with Gasteiger partial charge in [0.15, 0.2) is 0 Å². The number of hydrogen-bond donors (Lipinski definition) is 3. The van der Waals surface area contributed by atoms with E-state index in [-0.39, 0.29) is 23.7 Å². The maximum atomic E-state index is 12.8. The number of amides is 2. The van der Waals surface area contributed by atoms with Gasteiger partial charge in [0.05, 0.1) is 24.6 Å². The van der Waals surface area contributed by atoms with Crippen LogP contribution in [0.1, 0.15) is 16.8 Å². The third kappa shape index (κ3) is 3.66. The van der Waals surface area contributed by atoms with Gasteiger partial charge in [0, 0.05) is 17.3 Å². The highest BCUT2D eigenvalue weighted by Gasteiger charge is 2.51. The summed E-state index contributed by atoms with van der Waals surface area (Å²) in [4.78, 5) is 36.9. The van der Waals surface area contributed by atoms with Crippen LogP contribution in [0.4, 0.5) is 11.4 Å². The molecule has 0 saturated heterocycles. The van der Waals surface area contributed by atoms with Crippen LogP contribution in [0, 0.1) is 23.7 Å². The molecule has 0 aliphatic heterocycles. The van der Waals surface area contributed by atoms with Gasteiger partial charge in [-0.3, -0.25) is 14.4 Å². The SMILES string of the molecule is COc1cc(NC(=O)[C@@H]2[C@@H](C(=O)O)[C@H]3C=C[C@H]2C3)ccc1NC(=O)c1ccccc1. The summed E-state index contributed by atoms with van der Waals surface area (Å²) in [5, 5.41) is 15.1. The van der Waals surface area contributed by atoms with Gasteiger partial charge in [-0.1, -0.05) is 30.4 Å². The number of nitrogens with one attached hydrogen (secondary N) is 2. The Kier molecular flexibility index (Phi) is 5.27. The summed E-state index contributed by atoms with van der Waals surface area (Å²) >= 11 is 0. The third-order valence-corrected chi connectivity index (χ3v) is 5.80. The minimum Gasteiger partial charge on any atom is -0.494 e. The molecular weight excluding hydrogens is 384 g/mol. The number of carboxylic acids is 1. The topological polar surface area (TPSA) is 105 Å². The molecule has 0 aromatic heterocycles. The van der Waals surface area contributed by atoms with Crippen molar-refractivity contribution < 1.29 is 24.2 Å². The minimum atomic E-state index is -0.941. The van der Waals surface area contributed by atoms with Gasteiger partial charge in [-0.15, -0.1) is 0 Å². The Morgan fingerprint density at radius 3 is 2.33 bits per heavy atom. The molecule has 0 heterocycles. The first-order valence-corrected chi connectivity index (χ1v) is 9.74. The van der Waals surface area contributed by atoms with Crippen LogP contribution >= 0.6 is 0 Å². The van der Waals surface area contributed by atoms with Crippen molar-refractivity contribution in [3.8, 4) is 5.75 Å². The second-order valence-corrected chi connectivity index (χ2v) is 7.56. The number of allylic oxidation sites excluding steroid dienone is 2. The molecule has 2 amide bonds. The van der Waals surface area contributed by atoms with E-state index in [4.69, 9.17) is 4.74 Å². The second-order valence-electron chi connectivity index (χ2n) is 7.56. The fourth-order valence-electron chi connectivity index (χ4n) is 4.40. The van der Waals surface area contributed by atoms with Crippen LogP contribution in [0.25, 0.3) is 0 Å². The predicted octanol–water partition coefficient (Wildman–Crippen LogP) is 3.41. The number of fused-ring (bicyclic) bond motifs is 2. The van der Waals surface area contributed by atoms with Gasteiger partial charge in [-0.2, -0.15) is 0 Å². The molecule has 0 unspecified atom stereocenters. The third-order valence-electron chi connectivity index (χ3n) is 5.80. The summed E-state index contributed by atoms with van der Waals surface area (Å²) < 4.78 is 5.37. The number of carbonyl (C=O) groups excluding carboxylic acids is 2. The molecule has 3 N–H and O–H groups in total. The van der Waals surface area contributed by atoms with Crippen molar-refractivity contribution in [1.29, 1.82) is 0 Å². The number of hydrogen-bond acceptors (Lipinski definition) is 4. The molecule has 1 saturated carbocycles. The highest BCUT2D eigenvalue weighted by Crippen LogP contribution is 2.48. The summed E-state index contributed by atoms with van der Waals surface area (Å²) in [7, 11) is 1.47. The quantitative estimate of drug-likeness (QED) is 0.638. The molecular formula is C23H22N2O5. The lowest BCUT2D eigenvalue weighted by Gasteiger charge is -2.24. The molecule has 2 aromatic carbocycles. The summed E-state index contributed by atoms with van der Waals surface area (Å²) in [6, 6.07) is 13.7. The number of rotatable bonds is 6. The average Bonchev–Trinajstić information content (AvgIpc) is 3.37. The Labute approximate surface area is 173 Å². The lowest BCUT2D eigenvalue weighted by atomic mass is 9.82. The molecule has 30 heavy (non-hydrogen) atoms. The van der Waals surface area contributed by atoms with E-state index in [1.165, 1.54) is 7.11 Å². The lowest BCUT2D eigenvalue weighted by Crippen LogP contribution is -2.36. The summed E-state index contributed by atoms with van der Waals surface area (Å²) in [5.74, 6) is -2.59. The van der Waals surface area contributed by atoms with Crippen molar-refractivity contribution in [3.05, 3.63) is 66.2 Å². The second kappa shape index (κ2) is 8.02. The Bertz CT molecular complexity index is 1020. The maximum Gasteiger partial charge on any atom is 0.307 e. The zero-order chi connectivity index (χ0) is 21.3. The number of carboxylic acid groups (broad SMARTS) is 1. The van der Waals surface area contributed by atoms with Crippen molar-refractivity contribution in [2.24, 2.45) is 23.7 Å². The standard InChI is InChI=1S/C23H22N2O5/c1-30-18-12-16(9-10-17(18)25-21(26)13-5-3-2-4-6-13)24-22(27)19-14-7-8-15(11-14)20(19)23(28)29/h2-10,12,14-15,19-20H,11H2,1H3,(H,24,27)(H,25,26)(H,28,29)/t14-,15-,19-,20-/m0/s1. The summed E-state index contributed by atoms with van der Waals surface area (Å²) in [6.07, 6.45) is 4.54. The Morgan fingerprint density at radius 1 is 0.967 bits per heavy atom. The highest BCUT2D eigenvalue weighted by atomic mass is 16.5. The van der Waals surface area contributed by atoms with Gasteiger partial charge in [-0.05, 0) is 42.5 Å². The van der Waals surface area contributed by atoms with Gasteiger partial charge in [-0.25, -0.2) is 0 Å². The normalized spacial score (nSPS) is 23.8. The molecule has 7 heteroatoms. The van der Waals surface area contributed by atoms with Crippen LogP contribution in [-0.2, 0) is 9.59 Å². The van der Waals surface area contributed by atoms with Gasteiger partial charge < -0.3 is 20.5 Å². The fourth-order valence-corrected chi connectivity index (χ4v) is 4.40. The molecule has 2 aliphatic carbocycles. The van der Waals surface area contributed by atoms with E-state index < -0.39 is 17.8 Å². The lowest BCUT2D eigenvalue weighted by molar-refractivity contribution is -0.146. The average molecular weight is 406 g/mol. The van der Waals surface area contributed by atoms with Crippen LogP contribution in [0.5, 0.6) is 5.75 Å². The molecule has 1 fully saturated rings. The predicted molar refractivity (Wildman–Crippen MR) is 111 cm³/mol. The molecule has 0 spiro atoms. The molecule has 4 rings (SSSR count). The molecule has 4 atom stereocenters. The highest BCUT2D eigenvalue weighted by molar-refractivity contribution is 6.05. The number of carbonyl (C=O) groups is 3. The van der Waals surface area contributed by atoms with Gasteiger partial charge >= 0.3 is 5.97 Å². The first-order chi connectivity index (χ1) is 14.5. The van der Waals surface area contributed by atoms with Gasteiger partial charge in [0.2, 0.25) is 5.91 Å². The zero-order valence-electron chi connectivity index (χ0n) is 16.4. The van der Waals surface area contributed by atoms with Gasteiger partial charge in [0.25, 0.3) is 5.91 Å². The number of ether oxygens (including phenoxy) is 1. The van der Waals surface area contributed by atoms with Crippen molar-refractivity contribution in [3.63, 3.8) is 0 Å². The van der Waals surface area contributed by atoms with Gasteiger partial charge in [0.1, 0.15) is 5.75 Å². The van der Waals surface area contributed by atoms with Crippen molar-refractivity contribution in [2.75, 3.05) is 17.7 Å². The minimum absolute atomic E-state index is 0.0533. The number of aliphatic carboxylic acids is 1. The van der Waals surface area contributed by atoms with Crippen molar-refractivity contribution in [1.82, 2.24) is 0 Å². The largest absolute Gasteiger partial charge is 0.494 e. The molecule has 7 nitrogen and oxygen atoms in total. The van der Waals surface area contributed by atoms with E-state index in [9.17, 15) is 19.5 Å². The van der Waals surface area contributed by atoms with E-state index >= 15 is 0 Å². The van der Waals surface area contributed by atoms with Crippen LogP contribution in [0.3, 0.4) is 0 Å². The van der Waals surface area contributed by atoms with E-state index in [2.05, 4.69) is 10.6 Å². The van der Waals surface area contributed by atoms with Crippen LogP contribution in [0.2, 0.25) is 0 Å². The van der Waals surface area contributed by atoms with E-state index in [1.807, 2.05) is 18.2 Å². The Morgan fingerprint density at radius 2 is 1.67 bits per heavy atom. The molecule has 154 valence electrons. The first kappa shape index (κ1) is 19.7. The van der Waals surface area contributed by atoms with Crippen LogP contribution in [-0.4, -0.2) is 30.0 Å². The van der Waals surface area contributed by atoms with Crippen LogP contribution in [0.15, 0.2) is 60.7 Å². The van der Waals surface area contributed by atoms with E-state index in [1.54, 1.807) is 42.5 Å². The maximum absolute atomic E-state index is 12.8. The molecule has 2 aliphatic rings. The summed E-state index contributed by atoms with van der Waals surface area (Å²) in [5.41, 5.74) is 1.46. The first-order valence-electron chi connectivity index (χ1n) is 9.74. The van der Waals surface area contributed by atoms with Crippen LogP contribution < -0.4 is 15.4 Å². The Hall–Kier alpha value is -3.61. The monoisotopic (exact) mass is 406 g/mol. The number of benzene rings is 2. The zero-order valence-corrected chi connectivity index (χ0v) is 16.4. The van der Waals surface area contributed by atoms with E-state index in [0.29, 0.717) is 29.1 Å². The number of anilines is 2. The molecule has 2 bridgehead atoms. The van der Waals surface area contributed by atoms with Crippen molar-refractivity contribution in [2.45, 2.75) is 6.42 Å². The Balaban J connectivity index is 1.49. The molecule has 0 radical (unpaired) electrons. The smallest absolute Gasteiger partial charge is 0.307 e. The number of methoxy groups -OCH3 is 1. The summed E-state index contributed by atoms with van der Waals surface area (Å²) in [6.45, 7) is 0. The molecule has 2 aromatic rings. The van der Waals surface area contributed by atoms with Crippen molar-refractivity contribution >= 4 is 29.2 Å².